The minimum absolute atomic E-state index is 0.422. The van der Waals surface area contributed by atoms with Gasteiger partial charge in [-0.1, -0.05) is 120 Å². The van der Waals surface area contributed by atoms with E-state index >= 15 is 0 Å². The van der Waals surface area contributed by atoms with Gasteiger partial charge in [0.15, 0.2) is 0 Å². The van der Waals surface area contributed by atoms with Gasteiger partial charge in [-0.15, -0.1) is 23.8 Å². The van der Waals surface area contributed by atoms with Crippen molar-refractivity contribution in [2.75, 3.05) is 61.6 Å². The number of carboxylic acid groups (broad SMARTS) is 1. The van der Waals surface area contributed by atoms with E-state index in [9.17, 15) is 9.36 Å². The van der Waals surface area contributed by atoms with Gasteiger partial charge in [0.25, 0.3) is 0 Å². The summed E-state index contributed by atoms with van der Waals surface area (Å²) in [7, 11) is -3.06. The molecular formula is C38H86O5P4. The van der Waals surface area contributed by atoms with E-state index in [0.29, 0.717) is 23.8 Å². The Kier molecular flexibility index (Phi) is 52.3. The number of aliphatic carboxylic acids is 1. The first-order valence-corrected chi connectivity index (χ1v) is 27.4. The highest BCUT2D eigenvalue weighted by Crippen LogP contribution is 2.40. The van der Waals surface area contributed by atoms with Crippen LogP contribution in [0.1, 0.15) is 178 Å². The largest absolute Gasteiger partial charge is 0.481 e. The molecule has 0 aromatic carbocycles. The van der Waals surface area contributed by atoms with Gasteiger partial charge in [-0.25, -0.2) is 0 Å². The van der Waals surface area contributed by atoms with Crippen molar-refractivity contribution in [3.63, 3.8) is 0 Å². The molecule has 0 bridgehead atoms. The number of hydrogen-bond donors (Lipinski definition) is 3. The summed E-state index contributed by atoms with van der Waals surface area (Å²) in [5.74, 6) is -1.49. The summed E-state index contributed by atoms with van der Waals surface area (Å²) in [5, 5.41) is 7.76. The lowest BCUT2D eigenvalue weighted by Crippen LogP contribution is -2.01. The molecule has 0 aromatic heterocycles. The second-order valence-electron chi connectivity index (χ2n) is 12.9. The molecule has 5 nitrogen and oxygen atoms in total. The molecule has 0 aromatic rings. The van der Waals surface area contributed by atoms with E-state index < -0.39 is 19.7 Å². The highest BCUT2D eigenvalue weighted by Gasteiger charge is 2.17. The molecule has 0 rings (SSSR count). The zero-order valence-electron chi connectivity index (χ0n) is 33.2. The molecule has 9 heteroatoms. The van der Waals surface area contributed by atoms with Crippen LogP contribution < -0.4 is 0 Å². The molecule has 47 heavy (non-hydrogen) atoms. The van der Waals surface area contributed by atoms with E-state index in [0.717, 1.165) is 0 Å². The third-order valence-electron chi connectivity index (χ3n) is 7.79. The molecule has 0 saturated heterocycles. The van der Waals surface area contributed by atoms with Gasteiger partial charge in [0.1, 0.15) is 6.16 Å². The Morgan fingerprint density at radius 2 is 0.553 bits per heavy atom. The monoisotopic (exact) mass is 747 g/mol. The Morgan fingerprint density at radius 3 is 0.617 bits per heavy atom. The summed E-state index contributed by atoms with van der Waals surface area (Å²) in [6.07, 6.45) is 38.6. The summed E-state index contributed by atoms with van der Waals surface area (Å²) in [6, 6.07) is 0. The summed E-state index contributed by atoms with van der Waals surface area (Å²) in [4.78, 5) is 25.4. The predicted molar refractivity (Wildman–Crippen MR) is 223 cm³/mol. The zero-order chi connectivity index (χ0) is 36.6. The van der Waals surface area contributed by atoms with Gasteiger partial charge in [-0.2, -0.15) is 0 Å². The van der Waals surface area contributed by atoms with E-state index in [1.54, 1.807) is 55.5 Å². The fourth-order valence-electron chi connectivity index (χ4n) is 4.62. The topological polar surface area (TPSA) is 94.8 Å². The maximum Gasteiger partial charge on any atom is 0.336 e. The molecule has 0 aliphatic heterocycles. The first-order chi connectivity index (χ1) is 22.5. The van der Waals surface area contributed by atoms with Crippen molar-refractivity contribution in [3.05, 3.63) is 0 Å². The molecule has 288 valence electrons. The fraction of sp³-hybridized carbons (Fsp3) is 0.974. The second-order valence-corrected chi connectivity index (χ2v) is 22.6. The lowest BCUT2D eigenvalue weighted by atomic mass is 10.4. The number of unbranched alkanes of at least 4 members (excludes halogenated alkanes) is 9. The highest BCUT2D eigenvalue weighted by atomic mass is 31.2. The van der Waals surface area contributed by atoms with Crippen LogP contribution in [0.3, 0.4) is 0 Å². The van der Waals surface area contributed by atoms with Crippen LogP contribution >= 0.6 is 31.4 Å². The minimum Gasteiger partial charge on any atom is -0.481 e. The summed E-state index contributed by atoms with van der Waals surface area (Å²) in [5.41, 5.74) is 0. The van der Waals surface area contributed by atoms with Crippen molar-refractivity contribution in [1.29, 1.82) is 0 Å². The van der Waals surface area contributed by atoms with Crippen molar-refractivity contribution in [2.24, 2.45) is 0 Å². The Labute approximate surface area is 300 Å². The molecule has 0 atom stereocenters. The van der Waals surface area contributed by atoms with Crippen LogP contribution in [0.4, 0.5) is 0 Å². The molecule has 0 unspecified atom stereocenters. The number of rotatable bonds is 29. The molecule has 0 spiro atoms. The van der Waals surface area contributed by atoms with Gasteiger partial charge in [-0.05, 0) is 113 Å². The van der Waals surface area contributed by atoms with Crippen molar-refractivity contribution < 1.29 is 24.3 Å². The van der Waals surface area contributed by atoms with E-state index in [-0.39, 0.29) is 0 Å². The Bertz CT molecular complexity index is 519. The van der Waals surface area contributed by atoms with Crippen molar-refractivity contribution in [1.82, 2.24) is 0 Å². The van der Waals surface area contributed by atoms with E-state index in [2.05, 4.69) is 62.3 Å². The third-order valence-corrected chi connectivity index (χ3v) is 17.0. The minimum atomic E-state index is -4.32. The molecule has 0 heterocycles. The first kappa shape index (κ1) is 54.7. The molecule has 0 saturated carbocycles. The maximum atomic E-state index is 9.76. The number of carboxylic acids is 1. The average molecular weight is 747 g/mol. The van der Waals surface area contributed by atoms with Crippen molar-refractivity contribution >= 4 is 37.3 Å². The van der Waals surface area contributed by atoms with Gasteiger partial charge in [-0.3, -0.25) is 9.36 Å². The molecule has 0 amide bonds. The lowest BCUT2D eigenvalue weighted by Gasteiger charge is -2.16. The van der Waals surface area contributed by atoms with E-state index in [1.165, 1.54) is 116 Å². The molecule has 3 N–H and O–H groups in total. The average Bonchev–Trinajstić information content (AvgIpc) is 3.03. The van der Waals surface area contributed by atoms with Crippen molar-refractivity contribution in [2.45, 2.75) is 178 Å². The van der Waals surface area contributed by atoms with Crippen LogP contribution in [0.5, 0.6) is 0 Å². The summed E-state index contributed by atoms with van der Waals surface area (Å²) >= 11 is 0. The Hall–Kier alpha value is 0.910. The Morgan fingerprint density at radius 1 is 0.404 bits per heavy atom. The normalized spacial score (nSPS) is 11.1. The Balaban J connectivity index is -0.000000266. The smallest absolute Gasteiger partial charge is 0.336 e. The van der Waals surface area contributed by atoms with Crippen LogP contribution in [0.2, 0.25) is 0 Å². The first-order valence-electron chi connectivity index (χ1n) is 19.9. The molecular weight excluding hydrogens is 660 g/mol. The van der Waals surface area contributed by atoms with Crippen molar-refractivity contribution in [3.8, 4) is 0 Å². The number of carbonyl (C=O) groups is 1. The van der Waals surface area contributed by atoms with Crippen LogP contribution in [0.25, 0.3) is 0 Å². The maximum absolute atomic E-state index is 9.76. The molecule has 0 fully saturated rings. The standard InChI is InChI=1S/3C12H27P.C2H5O5P/c3*1-4-7-10-13(11-8-5-2)12-9-6-3;3-2(4)1-8(5,6)7/h3*4-12H2,1-3H3;1H2,(H,3,4)(H2,5,6,7). The van der Waals surface area contributed by atoms with Crippen LogP contribution in [0, 0.1) is 0 Å². The highest BCUT2D eigenvalue weighted by molar-refractivity contribution is 7.58. The quantitative estimate of drug-likeness (QED) is 0.0663. The molecule has 0 radical (unpaired) electrons. The predicted octanol–water partition coefficient (Wildman–Crippen LogP) is 13.9. The van der Waals surface area contributed by atoms with Crippen LogP contribution in [-0.4, -0.2) is 82.5 Å². The van der Waals surface area contributed by atoms with Gasteiger partial charge < -0.3 is 14.9 Å². The SMILES string of the molecule is CCCCP(CCCC)CCCC.CCCCP(CCCC)CCCC.CCCCP(CCCC)CCCC.O=C(O)CP(=O)(O)O. The summed E-state index contributed by atoms with van der Waals surface area (Å²) in [6.45, 7) is 20.8. The third kappa shape index (κ3) is 53.9. The van der Waals surface area contributed by atoms with Gasteiger partial charge in [0.05, 0.1) is 0 Å². The summed E-state index contributed by atoms with van der Waals surface area (Å²) < 4.78 is 9.76. The lowest BCUT2D eigenvalue weighted by molar-refractivity contribution is -0.134. The fourth-order valence-corrected chi connectivity index (χ4v) is 13.9. The van der Waals surface area contributed by atoms with Gasteiger partial charge >= 0.3 is 13.6 Å². The molecule has 0 aliphatic carbocycles. The van der Waals surface area contributed by atoms with Gasteiger partial charge in [0, 0.05) is 0 Å². The van der Waals surface area contributed by atoms with Crippen LogP contribution in [0.15, 0.2) is 0 Å². The van der Waals surface area contributed by atoms with Gasteiger partial charge in [0.2, 0.25) is 0 Å². The number of hydrogen-bond acceptors (Lipinski definition) is 2. The molecule has 0 aliphatic rings. The van der Waals surface area contributed by atoms with E-state index in [1.807, 2.05) is 0 Å². The zero-order valence-corrected chi connectivity index (χ0v) is 36.8. The van der Waals surface area contributed by atoms with Crippen LogP contribution in [-0.2, 0) is 9.36 Å². The van der Waals surface area contributed by atoms with E-state index in [4.69, 9.17) is 14.9 Å². The second kappa shape index (κ2) is 44.9.